The molecule has 2 N–H and O–H groups in total. The molecule has 132 valence electrons. The monoisotopic (exact) mass is 412 g/mol. The molecule has 0 unspecified atom stereocenters. The summed E-state index contributed by atoms with van der Waals surface area (Å²) in [4.78, 5) is 16.3. The third-order valence-electron chi connectivity index (χ3n) is 3.14. The van der Waals surface area contributed by atoms with Gasteiger partial charge in [0.05, 0.1) is 17.9 Å². The highest BCUT2D eigenvalue weighted by Gasteiger charge is 2.10. The number of nitrogens with zero attached hydrogens (tertiary/aromatic N) is 2. The number of carbonyl (C=O) groups excluding carboxylic acids is 1. The van der Waals surface area contributed by atoms with Crippen molar-refractivity contribution in [2.24, 2.45) is 0 Å². The minimum Gasteiger partial charge on any atom is -0.461 e. The van der Waals surface area contributed by atoms with Gasteiger partial charge in [-0.2, -0.15) is 5.26 Å². The summed E-state index contributed by atoms with van der Waals surface area (Å²) >= 11 is 3.39. The Morgan fingerprint density at radius 3 is 2.81 bits per heavy atom. The lowest BCUT2D eigenvalue weighted by Crippen LogP contribution is -2.20. The number of pyridine rings is 1. The van der Waals surface area contributed by atoms with Gasteiger partial charge in [0.2, 0.25) is 0 Å². The first kappa shape index (κ1) is 19.2. The summed E-state index contributed by atoms with van der Waals surface area (Å²) in [5, 5.41) is 15.2. The molecule has 0 radical (unpaired) electrons. The number of halogens is 1. The van der Waals surface area contributed by atoms with E-state index >= 15 is 0 Å². The second-order valence-electron chi connectivity index (χ2n) is 4.96. The Hall–Kier alpha value is -3.11. The van der Waals surface area contributed by atoms with Crippen LogP contribution < -0.4 is 10.6 Å². The molecule has 0 saturated heterocycles. The summed E-state index contributed by atoms with van der Waals surface area (Å²) in [6, 6.07) is 14.8. The molecule has 1 aromatic carbocycles. The zero-order chi connectivity index (χ0) is 18.8. The molecule has 1 aromatic heterocycles. The lowest BCUT2D eigenvalue weighted by atomic mass is 10.2. The molecule has 26 heavy (non-hydrogen) atoms. The number of ether oxygens (including phenoxy) is 1. The van der Waals surface area contributed by atoms with Crippen molar-refractivity contribution in [2.75, 3.05) is 11.9 Å². The average Bonchev–Trinajstić information content (AvgIpc) is 2.65. The molecule has 0 atom stereocenters. The standard InChI is InChI=1S/C19H17BrN4O2/c1-2-26-19(25)18(13-23-16-7-5-6-15(20)10-16)24-12-14(11-21)17-8-3-4-9-22-17/h3-10,12-13,23-24H,2H2,1H3/b14-12-,18-13-. The van der Waals surface area contributed by atoms with Crippen molar-refractivity contribution in [2.45, 2.75) is 6.92 Å². The van der Waals surface area contributed by atoms with E-state index in [1.54, 1.807) is 31.3 Å². The molecule has 0 saturated carbocycles. The number of rotatable bonds is 7. The van der Waals surface area contributed by atoms with E-state index in [0.29, 0.717) is 11.3 Å². The number of hydrogen-bond acceptors (Lipinski definition) is 6. The largest absolute Gasteiger partial charge is 0.461 e. The van der Waals surface area contributed by atoms with Crippen LogP contribution in [0.4, 0.5) is 5.69 Å². The van der Waals surface area contributed by atoms with E-state index < -0.39 is 5.97 Å². The smallest absolute Gasteiger partial charge is 0.356 e. The third-order valence-corrected chi connectivity index (χ3v) is 3.63. The van der Waals surface area contributed by atoms with Crippen LogP contribution in [0.5, 0.6) is 0 Å². The molecular weight excluding hydrogens is 396 g/mol. The molecule has 0 spiro atoms. The van der Waals surface area contributed by atoms with Gasteiger partial charge < -0.3 is 15.4 Å². The van der Waals surface area contributed by atoms with E-state index in [-0.39, 0.29) is 12.3 Å². The SMILES string of the molecule is CCOC(=O)/C(=C/Nc1cccc(Br)c1)N/C=C(/C#N)c1ccccn1. The Morgan fingerprint density at radius 1 is 1.31 bits per heavy atom. The van der Waals surface area contributed by atoms with Crippen LogP contribution in [0.3, 0.4) is 0 Å². The van der Waals surface area contributed by atoms with Gasteiger partial charge in [0.15, 0.2) is 0 Å². The lowest BCUT2D eigenvalue weighted by Gasteiger charge is -2.09. The van der Waals surface area contributed by atoms with Gasteiger partial charge in [-0.25, -0.2) is 4.79 Å². The van der Waals surface area contributed by atoms with Gasteiger partial charge in [0.1, 0.15) is 11.8 Å². The molecule has 0 aliphatic carbocycles. The van der Waals surface area contributed by atoms with Crippen LogP contribution in [0.1, 0.15) is 12.6 Å². The maximum absolute atomic E-state index is 12.1. The number of benzene rings is 1. The van der Waals surface area contributed by atoms with Crippen molar-refractivity contribution in [3.8, 4) is 6.07 Å². The Labute approximate surface area is 160 Å². The van der Waals surface area contributed by atoms with E-state index in [9.17, 15) is 10.1 Å². The molecule has 0 bridgehead atoms. The van der Waals surface area contributed by atoms with Gasteiger partial charge in [-0.3, -0.25) is 4.98 Å². The minimum atomic E-state index is -0.537. The van der Waals surface area contributed by atoms with Gasteiger partial charge >= 0.3 is 5.97 Å². The summed E-state index contributed by atoms with van der Waals surface area (Å²) in [5.74, 6) is -0.537. The van der Waals surface area contributed by atoms with Gasteiger partial charge in [0, 0.05) is 28.8 Å². The highest BCUT2D eigenvalue weighted by molar-refractivity contribution is 9.10. The maximum Gasteiger partial charge on any atom is 0.356 e. The minimum absolute atomic E-state index is 0.163. The number of nitrogens with one attached hydrogen (secondary N) is 2. The first-order valence-corrected chi connectivity index (χ1v) is 8.61. The molecule has 0 aliphatic rings. The van der Waals surface area contributed by atoms with Gasteiger partial charge in [-0.1, -0.05) is 28.1 Å². The van der Waals surface area contributed by atoms with Crippen molar-refractivity contribution in [1.82, 2.24) is 10.3 Å². The molecule has 0 fully saturated rings. The fourth-order valence-electron chi connectivity index (χ4n) is 1.94. The second-order valence-corrected chi connectivity index (χ2v) is 5.88. The zero-order valence-electron chi connectivity index (χ0n) is 14.1. The first-order chi connectivity index (χ1) is 12.6. The molecule has 7 heteroatoms. The van der Waals surface area contributed by atoms with Crippen molar-refractivity contribution in [3.05, 3.63) is 76.9 Å². The average molecular weight is 413 g/mol. The van der Waals surface area contributed by atoms with Crippen LogP contribution >= 0.6 is 15.9 Å². The van der Waals surface area contributed by atoms with Gasteiger partial charge in [0.25, 0.3) is 0 Å². The zero-order valence-corrected chi connectivity index (χ0v) is 15.7. The number of aromatic nitrogens is 1. The Balaban J connectivity index is 2.21. The second kappa shape index (κ2) is 10.0. The van der Waals surface area contributed by atoms with Crippen molar-refractivity contribution < 1.29 is 9.53 Å². The highest BCUT2D eigenvalue weighted by Crippen LogP contribution is 2.16. The summed E-state index contributed by atoms with van der Waals surface area (Å²) in [5.41, 5.74) is 1.75. The Kier molecular flexibility index (Phi) is 7.40. The van der Waals surface area contributed by atoms with E-state index in [1.165, 1.54) is 12.4 Å². The number of anilines is 1. The van der Waals surface area contributed by atoms with Crippen molar-refractivity contribution >= 4 is 33.2 Å². The predicted molar refractivity (Wildman–Crippen MR) is 103 cm³/mol. The summed E-state index contributed by atoms with van der Waals surface area (Å²) in [6.07, 6.45) is 4.51. The Morgan fingerprint density at radius 2 is 2.15 bits per heavy atom. The fraction of sp³-hybridized carbons (Fsp3) is 0.105. The molecular formula is C19H17BrN4O2. The van der Waals surface area contributed by atoms with Crippen molar-refractivity contribution in [3.63, 3.8) is 0 Å². The molecule has 2 rings (SSSR count). The van der Waals surface area contributed by atoms with E-state index in [0.717, 1.165) is 10.2 Å². The Bertz CT molecular complexity index is 857. The van der Waals surface area contributed by atoms with E-state index in [4.69, 9.17) is 4.74 Å². The number of esters is 1. The fourth-order valence-corrected chi connectivity index (χ4v) is 2.34. The molecule has 2 aromatic rings. The molecule has 0 aliphatic heterocycles. The lowest BCUT2D eigenvalue weighted by molar-refractivity contribution is -0.138. The predicted octanol–water partition coefficient (Wildman–Crippen LogP) is 3.81. The van der Waals surface area contributed by atoms with Crippen LogP contribution in [-0.4, -0.2) is 17.6 Å². The topological polar surface area (TPSA) is 87.0 Å². The number of carbonyl (C=O) groups is 1. The maximum atomic E-state index is 12.1. The molecule has 0 amide bonds. The third kappa shape index (κ3) is 5.76. The van der Waals surface area contributed by atoms with E-state index in [1.807, 2.05) is 24.3 Å². The number of allylic oxidation sites excluding steroid dienone is 1. The quantitative estimate of drug-likeness (QED) is 0.408. The van der Waals surface area contributed by atoms with Gasteiger partial charge in [-0.05, 0) is 37.3 Å². The molecule has 6 nitrogen and oxygen atoms in total. The van der Waals surface area contributed by atoms with Crippen LogP contribution in [0.25, 0.3) is 5.57 Å². The normalized spacial score (nSPS) is 11.4. The summed E-state index contributed by atoms with van der Waals surface area (Å²) < 4.78 is 5.95. The number of nitriles is 1. The van der Waals surface area contributed by atoms with Crippen LogP contribution in [0.2, 0.25) is 0 Å². The van der Waals surface area contributed by atoms with Gasteiger partial charge in [-0.15, -0.1) is 0 Å². The highest BCUT2D eigenvalue weighted by atomic mass is 79.9. The van der Waals surface area contributed by atoms with E-state index in [2.05, 4.69) is 37.6 Å². The summed E-state index contributed by atoms with van der Waals surface area (Å²) in [7, 11) is 0. The molecule has 1 heterocycles. The first-order valence-electron chi connectivity index (χ1n) is 7.81. The van der Waals surface area contributed by atoms with Crippen LogP contribution in [0.15, 0.2) is 71.2 Å². The summed E-state index contributed by atoms with van der Waals surface area (Å²) in [6.45, 7) is 1.96. The van der Waals surface area contributed by atoms with Crippen molar-refractivity contribution in [1.29, 1.82) is 5.26 Å². The van der Waals surface area contributed by atoms with Crippen LogP contribution in [-0.2, 0) is 9.53 Å². The van der Waals surface area contributed by atoms with Crippen LogP contribution in [0, 0.1) is 11.3 Å². The number of hydrogen-bond donors (Lipinski definition) is 2.